The number of aryl methyl sites for hydroxylation is 1. The third kappa shape index (κ3) is 4.76. The quantitative estimate of drug-likeness (QED) is 0.280. The van der Waals surface area contributed by atoms with Crippen LogP contribution in [0.5, 0.6) is 0 Å². The fourth-order valence-electron chi connectivity index (χ4n) is 4.62. The number of hydrogen-bond acceptors (Lipinski definition) is 5. The fraction of sp³-hybridized carbons (Fsp3) is 0.167. The van der Waals surface area contributed by atoms with Gasteiger partial charge < -0.3 is 19.4 Å². The molecule has 0 radical (unpaired) electrons. The summed E-state index contributed by atoms with van der Waals surface area (Å²) in [5.74, 6) is -0.486. The van der Waals surface area contributed by atoms with E-state index in [1.807, 2.05) is 61.0 Å². The molecule has 1 atom stereocenters. The van der Waals surface area contributed by atoms with E-state index in [9.17, 15) is 14.7 Å². The molecule has 0 aliphatic heterocycles. The highest BCUT2D eigenvalue weighted by molar-refractivity contribution is 5.94. The van der Waals surface area contributed by atoms with Crippen molar-refractivity contribution in [2.24, 2.45) is 0 Å². The molecule has 3 aromatic carbocycles. The SMILES string of the molecule is Cc1cc([C@@H](C)Nc2ccccc2C(=O)O)c2oc(-c3ccc(Cn4ccnc4)cc3)c(C)c(=O)c2c1. The van der Waals surface area contributed by atoms with Gasteiger partial charge in [-0.15, -0.1) is 0 Å². The Balaban J connectivity index is 1.57. The van der Waals surface area contributed by atoms with Gasteiger partial charge in [0.25, 0.3) is 0 Å². The van der Waals surface area contributed by atoms with Crippen molar-refractivity contribution in [2.75, 3.05) is 5.32 Å². The average molecular weight is 494 g/mol. The highest BCUT2D eigenvalue weighted by Crippen LogP contribution is 2.32. The van der Waals surface area contributed by atoms with Crippen molar-refractivity contribution >= 4 is 22.6 Å². The topological polar surface area (TPSA) is 97.4 Å². The number of nitrogens with one attached hydrogen (secondary N) is 1. The minimum Gasteiger partial charge on any atom is -0.478 e. The summed E-state index contributed by atoms with van der Waals surface area (Å²) >= 11 is 0. The van der Waals surface area contributed by atoms with Crippen molar-refractivity contribution < 1.29 is 14.3 Å². The van der Waals surface area contributed by atoms with Crippen LogP contribution < -0.4 is 10.7 Å². The second-order valence-electron chi connectivity index (χ2n) is 9.26. The van der Waals surface area contributed by atoms with Crippen molar-refractivity contribution in [2.45, 2.75) is 33.4 Å². The molecule has 2 N–H and O–H groups in total. The highest BCUT2D eigenvalue weighted by atomic mass is 16.4. The van der Waals surface area contributed by atoms with Crippen LogP contribution in [0.15, 0.2) is 88.6 Å². The van der Waals surface area contributed by atoms with E-state index in [-0.39, 0.29) is 17.0 Å². The summed E-state index contributed by atoms with van der Waals surface area (Å²) < 4.78 is 8.44. The highest BCUT2D eigenvalue weighted by Gasteiger charge is 2.20. The Hall–Kier alpha value is -4.65. The molecule has 37 heavy (non-hydrogen) atoms. The van der Waals surface area contributed by atoms with Gasteiger partial charge >= 0.3 is 5.97 Å². The number of carboxylic acids is 1. The number of para-hydroxylation sites is 1. The average Bonchev–Trinajstić information content (AvgIpc) is 3.40. The molecule has 0 aliphatic rings. The van der Waals surface area contributed by atoms with E-state index in [2.05, 4.69) is 10.3 Å². The molecule has 2 heterocycles. The molecule has 0 spiro atoms. The van der Waals surface area contributed by atoms with Crippen molar-refractivity contribution in [3.8, 4) is 11.3 Å². The van der Waals surface area contributed by atoms with Crippen molar-refractivity contribution in [3.05, 3.63) is 117 Å². The predicted molar refractivity (Wildman–Crippen MR) is 144 cm³/mol. The van der Waals surface area contributed by atoms with Crippen LogP contribution >= 0.6 is 0 Å². The maximum absolute atomic E-state index is 13.5. The monoisotopic (exact) mass is 493 g/mol. The van der Waals surface area contributed by atoms with Crippen LogP contribution in [0.25, 0.3) is 22.3 Å². The Bertz CT molecular complexity index is 1650. The molecule has 5 aromatic rings. The van der Waals surface area contributed by atoms with Crippen molar-refractivity contribution in [3.63, 3.8) is 0 Å². The van der Waals surface area contributed by atoms with Crippen molar-refractivity contribution in [1.82, 2.24) is 9.55 Å². The lowest BCUT2D eigenvalue weighted by Crippen LogP contribution is -2.14. The number of carbonyl (C=O) groups is 1. The van der Waals surface area contributed by atoms with Gasteiger partial charge in [-0.2, -0.15) is 0 Å². The molecular formula is C30H27N3O4. The number of aromatic carboxylic acids is 1. The first kappa shape index (κ1) is 24.1. The maximum Gasteiger partial charge on any atom is 0.337 e. The molecule has 186 valence electrons. The third-order valence-corrected chi connectivity index (χ3v) is 6.53. The number of anilines is 1. The normalized spacial score (nSPS) is 12.0. The molecular weight excluding hydrogens is 466 g/mol. The van der Waals surface area contributed by atoms with Crippen LogP contribution in [-0.4, -0.2) is 20.6 Å². The molecule has 7 heteroatoms. The van der Waals surface area contributed by atoms with Crippen molar-refractivity contribution in [1.29, 1.82) is 0 Å². The second-order valence-corrected chi connectivity index (χ2v) is 9.26. The summed E-state index contributed by atoms with van der Waals surface area (Å²) in [6, 6.07) is 18.2. The number of carboxylic acid groups (broad SMARTS) is 1. The van der Waals surface area contributed by atoms with Gasteiger partial charge in [-0.1, -0.05) is 42.5 Å². The smallest absolute Gasteiger partial charge is 0.337 e. The lowest BCUT2D eigenvalue weighted by molar-refractivity contribution is 0.0698. The fourth-order valence-corrected chi connectivity index (χ4v) is 4.62. The summed E-state index contributed by atoms with van der Waals surface area (Å²) in [6.45, 7) is 6.35. The summed E-state index contributed by atoms with van der Waals surface area (Å²) in [7, 11) is 0. The van der Waals surface area contributed by atoms with Gasteiger partial charge in [0.1, 0.15) is 11.3 Å². The predicted octanol–water partition coefficient (Wildman–Crippen LogP) is 6.19. The third-order valence-electron chi connectivity index (χ3n) is 6.53. The Morgan fingerprint density at radius 1 is 1.11 bits per heavy atom. The summed E-state index contributed by atoms with van der Waals surface area (Å²) in [6.07, 6.45) is 5.43. The number of hydrogen-bond donors (Lipinski definition) is 2. The van der Waals surface area contributed by atoms with E-state index in [1.165, 1.54) is 0 Å². The molecule has 0 bridgehead atoms. The van der Waals surface area contributed by atoms with Gasteiger partial charge in [0, 0.05) is 41.3 Å². The van der Waals surface area contributed by atoms with Gasteiger partial charge in [0.15, 0.2) is 5.43 Å². The number of fused-ring (bicyclic) bond motifs is 1. The zero-order valence-electron chi connectivity index (χ0n) is 20.9. The van der Waals surface area contributed by atoms with E-state index in [4.69, 9.17) is 4.42 Å². The van der Waals surface area contributed by atoms with Crippen LogP contribution in [0.1, 0.15) is 45.6 Å². The number of aromatic nitrogens is 2. The molecule has 5 rings (SSSR count). The van der Waals surface area contributed by atoms with Crippen LogP contribution in [0.3, 0.4) is 0 Å². The van der Waals surface area contributed by atoms with Crippen LogP contribution in [0, 0.1) is 13.8 Å². The largest absolute Gasteiger partial charge is 0.478 e. The minimum atomic E-state index is -1.01. The maximum atomic E-state index is 13.5. The minimum absolute atomic E-state index is 0.0816. The lowest BCUT2D eigenvalue weighted by Gasteiger charge is -2.20. The molecule has 2 aromatic heterocycles. The zero-order chi connectivity index (χ0) is 26.1. The first-order valence-corrected chi connectivity index (χ1v) is 12.0. The van der Waals surface area contributed by atoms with Gasteiger partial charge in [-0.05, 0) is 50.1 Å². The number of nitrogens with zero attached hydrogens (tertiary/aromatic N) is 2. The second kappa shape index (κ2) is 9.78. The number of imidazole rings is 1. The zero-order valence-corrected chi connectivity index (χ0v) is 20.9. The Kier molecular flexibility index (Phi) is 6.36. The molecule has 0 amide bonds. The van der Waals surface area contributed by atoms with E-state index in [0.29, 0.717) is 34.5 Å². The Morgan fingerprint density at radius 3 is 2.57 bits per heavy atom. The summed E-state index contributed by atoms with van der Waals surface area (Å²) in [5.41, 5.74) is 5.26. The molecule has 0 aliphatic carbocycles. The van der Waals surface area contributed by atoms with Gasteiger partial charge in [0.05, 0.1) is 23.3 Å². The molecule has 0 saturated heterocycles. The van der Waals surface area contributed by atoms with E-state index < -0.39 is 5.97 Å². The molecule has 0 saturated carbocycles. The molecule has 7 nitrogen and oxygen atoms in total. The summed E-state index contributed by atoms with van der Waals surface area (Å²) in [4.78, 5) is 29.2. The standard InChI is InChI=1S/C30H27N3O4/c1-18-14-24(20(3)32-26-7-5-4-6-23(26)30(35)36)29-25(15-18)27(34)19(2)28(37-29)22-10-8-21(9-11-22)16-33-13-12-31-17-33/h4-15,17,20,32H,16H2,1-3H3,(H,35,36)/t20-/m1/s1. The van der Waals surface area contributed by atoms with Crippen LogP contribution in [-0.2, 0) is 6.54 Å². The molecule has 0 fully saturated rings. The molecule has 0 unspecified atom stereocenters. The van der Waals surface area contributed by atoms with Crippen LogP contribution in [0.4, 0.5) is 5.69 Å². The van der Waals surface area contributed by atoms with Gasteiger partial charge in [0.2, 0.25) is 0 Å². The first-order chi connectivity index (χ1) is 17.8. The van der Waals surface area contributed by atoms with Crippen LogP contribution in [0.2, 0.25) is 0 Å². The van der Waals surface area contributed by atoms with E-state index in [1.54, 1.807) is 43.7 Å². The number of rotatable bonds is 7. The first-order valence-electron chi connectivity index (χ1n) is 12.0. The number of benzene rings is 3. The Labute approximate surface area is 214 Å². The summed E-state index contributed by atoms with van der Waals surface area (Å²) in [5, 5.41) is 13.4. The van der Waals surface area contributed by atoms with Gasteiger partial charge in [-0.25, -0.2) is 9.78 Å². The Morgan fingerprint density at radius 2 is 1.86 bits per heavy atom. The van der Waals surface area contributed by atoms with E-state index >= 15 is 0 Å². The van der Waals surface area contributed by atoms with Gasteiger partial charge in [-0.3, -0.25) is 4.79 Å². The van der Waals surface area contributed by atoms with E-state index in [0.717, 1.165) is 22.3 Å². The lowest BCUT2D eigenvalue weighted by atomic mass is 9.98.